The van der Waals surface area contributed by atoms with E-state index in [1.165, 1.54) is 19.3 Å². The van der Waals surface area contributed by atoms with Gasteiger partial charge in [0.2, 0.25) is 0 Å². The van der Waals surface area contributed by atoms with Gasteiger partial charge in [0.05, 0.1) is 5.56 Å². The van der Waals surface area contributed by atoms with Crippen LogP contribution in [0.3, 0.4) is 0 Å². The molecule has 2 atom stereocenters. The van der Waals surface area contributed by atoms with E-state index >= 15 is 0 Å². The Balaban J connectivity index is 2.06. The molecule has 1 fully saturated rings. The molecule has 1 aliphatic carbocycles. The second kappa shape index (κ2) is 5.74. The van der Waals surface area contributed by atoms with E-state index in [0.717, 1.165) is 16.9 Å². The summed E-state index contributed by atoms with van der Waals surface area (Å²) in [6.07, 6.45) is 3.82. The van der Waals surface area contributed by atoms with E-state index in [1.807, 2.05) is 12.1 Å². The van der Waals surface area contributed by atoms with E-state index in [9.17, 15) is 9.90 Å². The molecule has 18 heavy (non-hydrogen) atoms. The predicted molar refractivity (Wildman–Crippen MR) is 76.1 cm³/mol. The lowest BCUT2D eigenvalue weighted by molar-refractivity contribution is 0.0698. The van der Waals surface area contributed by atoms with E-state index in [2.05, 4.69) is 28.2 Å². The van der Waals surface area contributed by atoms with Crippen LogP contribution in [0.15, 0.2) is 22.7 Å². The normalized spacial score (nSPS) is 23.0. The Morgan fingerprint density at radius 3 is 2.89 bits per heavy atom. The highest BCUT2D eigenvalue weighted by Crippen LogP contribution is 2.31. The zero-order chi connectivity index (χ0) is 13.1. The Kier molecular flexibility index (Phi) is 4.27. The average molecular weight is 312 g/mol. The molecule has 0 heterocycles. The third-order valence-electron chi connectivity index (χ3n) is 3.81. The summed E-state index contributed by atoms with van der Waals surface area (Å²) >= 11 is 3.30. The third-order valence-corrected chi connectivity index (χ3v) is 4.30. The summed E-state index contributed by atoms with van der Waals surface area (Å²) in [6.45, 7) is 3.14. The van der Waals surface area contributed by atoms with Crippen LogP contribution < -0.4 is 5.32 Å². The molecule has 1 aromatic rings. The van der Waals surface area contributed by atoms with Crippen molar-refractivity contribution in [3.05, 3.63) is 28.2 Å². The maximum absolute atomic E-state index is 11.2. The molecule has 2 unspecified atom stereocenters. The second-order valence-corrected chi connectivity index (χ2v) is 5.96. The summed E-state index contributed by atoms with van der Waals surface area (Å²) in [4.78, 5) is 11.2. The molecule has 1 aliphatic rings. The lowest BCUT2D eigenvalue weighted by Crippen LogP contribution is -2.17. The number of hydrogen-bond acceptors (Lipinski definition) is 2. The standard InChI is InChI=1S/C14H18BrNO2/c1-9-3-2-4-10(9)8-16-13-6-5-11(15)7-12(13)14(17)18/h5-7,9-10,16H,2-4,8H2,1H3,(H,17,18). The smallest absolute Gasteiger partial charge is 0.337 e. The molecule has 0 amide bonds. The summed E-state index contributed by atoms with van der Waals surface area (Å²) in [6, 6.07) is 5.34. The van der Waals surface area contributed by atoms with Gasteiger partial charge in [-0.2, -0.15) is 0 Å². The lowest BCUT2D eigenvalue weighted by atomic mass is 9.98. The van der Waals surface area contributed by atoms with Gasteiger partial charge in [-0.15, -0.1) is 0 Å². The van der Waals surface area contributed by atoms with Crippen molar-refractivity contribution in [3.63, 3.8) is 0 Å². The number of rotatable bonds is 4. The first kappa shape index (κ1) is 13.4. The molecule has 0 radical (unpaired) electrons. The molecule has 4 heteroatoms. The minimum Gasteiger partial charge on any atom is -0.478 e. The molecule has 1 aromatic carbocycles. The van der Waals surface area contributed by atoms with Gasteiger partial charge in [0.15, 0.2) is 0 Å². The Bertz CT molecular complexity index is 447. The van der Waals surface area contributed by atoms with Gasteiger partial charge in [-0.1, -0.05) is 35.7 Å². The summed E-state index contributed by atoms with van der Waals surface area (Å²) in [5, 5.41) is 12.5. The summed E-state index contributed by atoms with van der Waals surface area (Å²) in [5.74, 6) is 0.509. The second-order valence-electron chi connectivity index (χ2n) is 5.04. The minimum absolute atomic E-state index is 0.329. The fourth-order valence-electron chi connectivity index (χ4n) is 2.61. The van der Waals surface area contributed by atoms with Crippen molar-refractivity contribution in [2.75, 3.05) is 11.9 Å². The molecular weight excluding hydrogens is 294 g/mol. The number of carboxylic acid groups (broad SMARTS) is 1. The van der Waals surface area contributed by atoms with Crippen molar-refractivity contribution in [3.8, 4) is 0 Å². The summed E-state index contributed by atoms with van der Waals surface area (Å²) < 4.78 is 0.791. The van der Waals surface area contributed by atoms with Crippen LogP contribution >= 0.6 is 15.9 Å². The van der Waals surface area contributed by atoms with Crippen molar-refractivity contribution in [1.29, 1.82) is 0 Å². The monoisotopic (exact) mass is 311 g/mol. The first-order valence-electron chi connectivity index (χ1n) is 6.34. The minimum atomic E-state index is -0.890. The summed E-state index contributed by atoms with van der Waals surface area (Å²) in [7, 11) is 0. The molecule has 98 valence electrons. The molecule has 3 nitrogen and oxygen atoms in total. The molecule has 0 spiro atoms. The van der Waals surface area contributed by atoms with E-state index in [4.69, 9.17) is 0 Å². The molecule has 0 saturated heterocycles. The van der Waals surface area contributed by atoms with Crippen LogP contribution in [0.5, 0.6) is 0 Å². The van der Waals surface area contributed by atoms with Crippen LogP contribution in [0.4, 0.5) is 5.69 Å². The largest absolute Gasteiger partial charge is 0.478 e. The molecule has 2 rings (SSSR count). The number of benzene rings is 1. The van der Waals surface area contributed by atoms with Crippen LogP contribution in [0.1, 0.15) is 36.5 Å². The number of aromatic carboxylic acids is 1. The zero-order valence-corrected chi connectivity index (χ0v) is 12.0. The van der Waals surface area contributed by atoms with E-state index in [0.29, 0.717) is 17.2 Å². The van der Waals surface area contributed by atoms with Gasteiger partial charge in [-0.05, 0) is 36.5 Å². The maximum Gasteiger partial charge on any atom is 0.337 e. The Morgan fingerprint density at radius 1 is 1.50 bits per heavy atom. The number of hydrogen-bond donors (Lipinski definition) is 2. The first-order chi connectivity index (χ1) is 8.58. The molecular formula is C14H18BrNO2. The highest BCUT2D eigenvalue weighted by atomic mass is 79.9. The van der Waals surface area contributed by atoms with Crippen molar-refractivity contribution < 1.29 is 9.90 Å². The fourth-order valence-corrected chi connectivity index (χ4v) is 2.98. The molecule has 0 bridgehead atoms. The quantitative estimate of drug-likeness (QED) is 0.883. The number of carbonyl (C=O) groups is 1. The van der Waals surface area contributed by atoms with Crippen LogP contribution in [0.2, 0.25) is 0 Å². The van der Waals surface area contributed by atoms with Gasteiger partial charge in [0.1, 0.15) is 0 Å². The SMILES string of the molecule is CC1CCCC1CNc1ccc(Br)cc1C(=O)O. The van der Waals surface area contributed by atoms with Crippen molar-refractivity contribution in [2.24, 2.45) is 11.8 Å². The number of halogens is 1. The first-order valence-corrected chi connectivity index (χ1v) is 7.14. The average Bonchev–Trinajstić information content (AvgIpc) is 2.73. The van der Waals surface area contributed by atoms with Gasteiger partial charge >= 0.3 is 5.97 Å². The fraction of sp³-hybridized carbons (Fsp3) is 0.500. The summed E-state index contributed by atoms with van der Waals surface area (Å²) in [5.41, 5.74) is 1.04. The zero-order valence-electron chi connectivity index (χ0n) is 10.4. The van der Waals surface area contributed by atoms with Gasteiger partial charge in [-0.3, -0.25) is 0 Å². The Hall–Kier alpha value is -1.03. The van der Waals surface area contributed by atoms with Gasteiger partial charge in [-0.25, -0.2) is 4.79 Å². The number of carboxylic acids is 1. The Labute approximate surface area is 116 Å². The predicted octanol–water partition coefficient (Wildman–Crippen LogP) is 4.00. The molecule has 2 N–H and O–H groups in total. The number of anilines is 1. The van der Waals surface area contributed by atoms with Crippen LogP contribution in [0, 0.1) is 11.8 Å². The van der Waals surface area contributed by atoms with E-state index in [-0.39, 0.29) is 0 Å². The van der Waals surface area contributed by atoms with Gasteiger partial charge in [0, 0.05) is 16.7 Å². The molecule has 1 saturated carbocycles. The molecule has 0 aliphatic heterocycles. The highest BCUT2D eigenvalue weighted by molar-refractivity contribution is 9.10. The van der Waals surface area contributed by atoms with E-state index in [1.54, 1.807) is 6.07 Å². The Morgan fingerprint density at radius 2 is 2.28 bits per heavy atom. The van der Waals surface area contributed by atoms with Crippen molar-refractivity contribution in [2.45, 2.75) is 26.2 Å². The van der Waals surface area contributed by atoms with Crippen LogP contribution in [0.25, 0.3) is 0 Å². The lowest BCUT2D eigenvalue weighted by Gasteiger charge is -2.17. The van der Waals surface area contributed by atoms with E-state index < -0.39 is 5.97 Å². The van der Waals surface area contributed by atoms with Crippen molar-refractivity contribution >= 4 is 27.6 Å². The molecule has 0 aromatic heterocycles. The highest BCUT2D eigenvalue weighted by Gasteiger charge is 2.23. The van der Waals surface area contributed by atoms with Crippen LogP contribution in [-0.4, -0.2) is 17.6 Å². The topological polar surface area (TPSA) is 49.3 Å². The maximum atomic E-state index is 11.2. The van der Waals surface area contributed by atoms with Crippen LogP contribution in [-0.2, 0) is 0 Å². The number of nitrogens with one attached hydrogen (secondary N) is 1. The third kappa shape index (κ3) is 3.05. The van der Waals surface area contributed by atoms with Gasteiger partial charge in [0.25, 0.3) is 0 Å². The van der Waals surface area contributed by atoms with Crippen molar-refractivity contribution in [1.82, 2.24) is 0 Å². The van der Waals surface area contributed by atoms with Gasteiger partial charge < -0.3 is 10.4 Å².